The van der Waals surface area contributed by atoms with Gasteiger partial charge in [-0.1, -0.05) is 12.8 Å². The fourth-order valence-electron chi connectivity index (χ4n) is 3.74. The van der Waals surface area contributed by atoms with E-state index in [-0.39, 0.29) is 17.6 Å². The number of hydrogen-bond acceptors (Lipinski definition) is 3. The first kappa shape index (κ1) is 12.2. The summed E-state index contributed by atoms with van der Waals surface area (Å²) in [5.41, 5.74) is 0. The van der Waals surface area contributed by atoms with Gasteiger partial charge in [-0.3, -0.25) is 0 Å². The van der Waals surface area contributed by atoms with Gasteiger partial charge in [0.15, 0.2) is 11.5 Å². The number of alkyl halides is 2. The van der Waals surface area contributed by atoms with E-state index >= 15 is 0 Å². The molecule has 0 N–H and O–H groups in total. The third kappa shape index (κ3) is 2.19. The summed E-state index contributed by atoms with van der Waals surface area (Å²) in [6.45, 7) is 0. The molecule has 2 bridgehead atoms. The first-order valence-corrected chi connectivity index (χ1v) is 7.14. The van der Waals surface area contributed by atoms with Gasteiger partial charge in [-0.2, -0.15) is 0 Å². The number of ether oxygens (including phenoxy) is 3. The van der Waals surface area contributed by atoms with Crippen LogP contribution in [0.4, 0.5) is 8.78 Å². The van der Waals surface area contributed by atoms with E-state index in [1.165, 1.54) is 31.4 Å². The molecule has 3 atom stereocenters. The average Bonchev–Trinajstić information content (AvgIpc) is 2.86. The first-order valence-electron chi connectivity index (χ1n) is 7.14. The molecule has 3 aliphatic rings. The van der Waals surface area contributed by atoms with Crippen molar-refractivity contribution in [1.29, 1.82) is 0 Å². The van der Waals surface area contributed by atoms with Crippen LogP contribution < -0.4 is 14.2 Å². The summed E-state index contributed by atoms with van der Waals surface area (Å²) in [6, 6.07) is 4.63. The van der Waals surface area contributed by atoms with Crippen LogP contribution in [0.1, 0.15) is 32.1 Å². The van der Waals surface area contributed by atoms with Crippen LogP contribution in [0.3, 0.4) is 0 Å². The summed E-state index contributed by atoms with van der Waals surface area (Å²) in [5, 5.41) is 0. The topological polar surface area (TPSA) is 27.7 Å². The van der Waals surface area contributed by atoms with Crippen molar-refractivity contribution >= 4 is 0 Å². The maximum atomic E-state index is 13.0. The highest BCUT2D eigenvalue weighted by molar-refractivity contribution is 5.47. The van der Waals surface area contributed by atoms with Crippen LogP contribution in [0.2, 0.25) is 0 Å². The molecule has 1 unspecified atom stereocenters. The quantitative estimate of drug-likeness (QED) is 0.821. The highest BCUT2D eigenvalue weighted by atomic mass is 19.3. The van der Waals surface area contributed by atoms with Crippen molar-refractivity contribution in [2.24, 2.45) is 11.8 Å². The maximum Gasteiger partial charge on any atom is 0.586 e. The molecular formula is C15H16F2O3. The van der Waals surface area contributed by atoms with E-state index in [2.05, 4.69) is 9.47 Å². The zero-order valence-electron chi connectivity index (χ0n) is 11.0. The number of fused-ring (bicyclic) bond motifs is 3. The lowest BCUT2D eigenvalue weighted by atomic mass is 9.87. The minimum Gasteiger partial charge on any atom is -0.490 e. The zero-order valence-corrected chi connectivity index (χ0v) is 11.0. The number of halogens is 2. The average molecular weight is 282 g/mol. The van der Waals surface area contributed by atoms with Crippen LogP contribution in [0.25, 0.3) is 0 Å². The first-order chi connectivity index (χ1) is 9.57. The third-order valence-corrected chi connectivity index (χ3v) is 4.52. The Morgan fingerprint density at radius 1 is 1.00 bits per heavy atom. The van der Waals surface area contributed by atoms with E-state index in [0.29, 0.717) is 5.75 Å². The molecule has 1 aromatic carbocycles. The molecule has 2 fully saturated rings. The molecule has 20 heavy (non-hydrogen) atoms. The van der Waals surface area contributed by atoms with Crippen LogP contribution in [-0.2, 0) is 0 Å². The van der Waals surface area contributed by atoms with Crippen molar-refractivity contribution in [1.82, 2.24) is 0 Å². The standard InChI is InChI=1S/C15H16F2O3/c16-15(17)19-13-4-3-11(8-14(13)20-15)18-12-6-9-1-2-10(5-9)7-12/h3-4,8-10,12H,1-2,5-7H2/t9-,10+,12?. The minimum atomic E-state index is -3.56. The van der Waals surface area contributed by atoms with Gasteiger partial charge in [0.1, 0.15) is 5.75 Å². The van der Waals surface area contributed by atoms with Crippen LogP contribution in [-0.4, -0.2) is 12.4 Å². The van der Waals surface area contributed by atoms with Crippen molar-refractivity contribution in [3.8, 4) is 17.2 Å². The molecule has 1 aliphatic heterocycles. The molecule has 0 aromatic heterocycles. The Balaban J connectivity index is 1.48. The number of hydrogen-bond donors (Lipinski definition) is 0. The second kappa shape index (κ2) is 4.24. The predicted molar refractivity (Wildman–Crippen MR) is 67.1 cm³/mol. The smallest absolute Gasteiger partial charge is 0.490 e. The molecule has 0 saturated heterocycles. The van der Waals surface area contributed by atoms with Gasteiger partial charge in [0.05, 0.1) is 6.10 Å². The molecule has 0 amide bonds. The summed E-state index contributed by atoms with van der Waals surface area (Å²) in [4.78, 5) is 0. The second-order valence-corrected chi connectivity index (χ2v) is 6.03. The molecule has 108 valence electrons. The van der Waals surface area contributed by atoms with Crippen molar-refractivity contribution < 1.29 is 23.0 Å². The van der Waals surface area contributed by atoms with Crippen LogP contribution in [0.5, 0.6) is 17.2 Å². The van der Waals surface area contributed by atoms with Crippen molar-refractivity contribution in [3.63, 3.8) is 0 Å². The van der Waals surface area contributed by atoms with E-state index in [0.717, 1.165) is 24.7 Å². The monoisotopic (exact) mass is 282 g/mol. The summed E-state index contributed by atoms with van der Waals surface area (Å²) in [6.07, 6.45) is 2.71. The van der Waals surface area contributed by atoms with E-state index in [1.807, 2.05) is 0 Å². The van der Waals surface area contributed by atoms with Gasteiger partial charge in [0, 0.05) is 6.07 Å². The Hall–Kier alpha value is -1.52. The summed E-state index contributed by atoms with van der Waals surface area (Å²) in [7, 11) is 0. The highest BCUT2D eigenvalue weighted by Gasteiger charge is 2.43. The van der Waals surface area contributed by atoms with Crippen LogP contribution >= 0.6 is 0 Å². The SMILES string of the molecule is FC1(F)Oc2ccc(OC3C[C@H]4CC[C@@H](C3)C4)cc2O1. The lowest BCUT2D eigenvalue weighted by Crippen LogP contribution is -2.26. The maximum absolute atomic E-state index is 13.0. The van der Waals surface area contributed by atoms with E-state index < -0.39 is 6.29 Å². The van der Waals surface area contributed by atoms with Crippen LogP contribution in [0, 0.1) is 11.8 Å². The fourth-order valence-corrected chi connectivity index (χ4v) is 3.74. The zero-order chi connectivity index (χ0) is 13.7. The molecule has 3 nitrogen and oxygen atoms in total. The molecular weight excluding hydrogens is 266 g/mol. The predicted octanol–water partition coefficient (Wildman–Crippen LogP) is 3.97. The lowest BCUT2D eigenvalue weighted by Gasteiger charge is -2.28. The van der Waals surface area contributed by atoms with E-state index in [4.69, 9.17) is 4.74 Å². The number of rotatable bonds is 2. The lowest BCUT2D eigenvalue weighted by molar-refractivity contribution is -0.286. The minimum absolute atomic E-state index is 0.0475. The molecule has 2 saturated carbocycles. The highest BCUT2D eigenvalue weighted by Crippen LogP contribution is 2.45. The number of benzene rings is 1. The molecule has 2 aliphatic carbocycles. The Morgan fingerprint density at radius 2 is 1.70 bits per heavy atom. The molecule has 0 spiro atoms. The van der Waals surface area contributed by atoms with Gasteiger partial charge in [-0.15, -0.1) is 8.78 Å². The van der Waals surface area contributed by atoms with Gasteiger partial charge >= 0.3 is 6.29 Å². The van der Waals surface area contributed by atoms with Gasteiger partial charge < -0.3 is 14.2 Å². The Kier molecular flexibility index (Phi) is 2.59. The van der Waals surface area contributed by atoms with E-state index in [1.54, 1.807) is 6.07 Å². The second-order valence-electron chi connectivity index (χ2n) is 6.03. The Bertz CT molecular complexity index is 520. The summed E-state index contributed by atoms with van der Waals surface area (Å²) in [5.74, 6) is 2.24. The fraction of sp³-hybridized carbons (Fsp3) is 0.600. The van der Waals surface area contributed by atoms with Gasteiger partial charge in [-0.05, 0) is 43.2 Å². The normalized spacial score (nSPS) is 33.2. The molecule has 1 heterocycles. The van der Waals surface area contributed by atoms with Crippen molar-refractivity contribution in [2.45, 2.75) is 44.5 Å². The largest absolute Gasteiger partial charge is 0.586 e. The van der Waals surface area contributed by atoms with Crippen molar-refractivity contribution in [2.75, 3.05) is 0 Å². The summed E-state index contributed by atoms with van der Waals surface area (Å²) < 4.78 is 40.7. The van der Waals surface area contributed by atoms with Crippen LogP contribution in [0.15, 0.2) is 18.2 Å². The van der Waals surface area contributed by atoms with Crippen molar-refractivity contribution in [3.05, 3.63) is 18.2 Å². The molecule has 1 aromatic rings. The Morgan fingerprint density at radius 3 is 2.45 bits per heavy atom. The third-order valence-electron chi connectivity index (χ3n) is 4.52. The van der Waals surface area contributed by atoms with Gasteiger partial charge in [0.25, 0.3) is 0 Å². The molecule has 0 radical (unpaired) electrons. The summed E-state index contributed by atoms with van der Waals surface area (Å²) >= 11 is 0. The van der Waals surface area contributed by atoms with Gasteiger partial charge in [0.2, 0.25) is 0 Å². The Labute approximate surface area is 115 Å². The van der Waals surface area contributed by atoms with E-state index in [9.17, 15) is 8.78 Å². The van der Waals surface area contributed by atoms with Gasteiger partial charge in [-0.25, -0.2) is 0 Å². The molecule has 5 heteroatoms. The molecule has 4 rings (SSSR count).